The van der Waals surface area contributed by atoms with E-state index in [9.17, 15) is 4.79 Å². The second-order valence-corrected chi connectivity index (χ2v) is 5.31. The number of nitrogens with one attached hydrogen (secondary N) is 1. The highest BCUT2D eigenvalue weighted by atomic mass is 16.5. The number of rotatable bonds is 3. The van der Waals surface area contributed by atoms with Gasteiger partial charge in [0, 0.05) is 19.2 Å². The summed E-state index contributed by atoms with van der Waals surface area (Å²) in [5, 5.41) is 3.01. The lowest BCUT2D eigenvalue weighted by atomic mass is 9.85. The summed E-state index contributed by atoms with van der Waals surface area (Å²) in [5.74, 6) is 0.513. The first-order valence-electron chi connectivity index (χ1n) is 6.92. The van der Waals surface area contributed by atoms with Gasteiger partial charge >= 0.3 is 0 Å². The van der Waals surface area contributed by atoms with E-state index < -0.39 is 0 Å². The van der Waals surface area contributed by atoms with E-state index in [0.29, 0.717) is 5.92 Å². The Bertz CT molecular complexity index is 252. The van der Waals surface area contributed by atoms with Gasteiger partial charge in [-0.05, 0) is 38.0 Å². The molecule has 2 fully saturated rings. The molecular formula is C13H24N2O2. The first kappa shape index (κ1) is 12.8. The third-order valence-corrected chi connectivity index (χ3v) is 3.98. The maximum atomic E-state index is 11.9. The summed E-state index contributed by atoms with van der Waals surface area (Å²) in [4.78, 5) is 11.9. The van der Waals surface area contributed by atoms with E-state index in [-0.39, 0.29) is 18.1 Å². The van der Waals surface area contributed by atoms with Crippen LogP contribution in [0, 0.1) is 5.92 Å². The standard InChI is InChI=1S/C13H24N2O2/c14-11-6-2-1-5-10(11)9-15-13(16)12-7-3-4-8-17-12/h10-12H,1-9,14H2,(H,15,16). The van der Waals surface area contributed by atoms with Crippen molar-refractivity contribution in [3.63, 3.8) is 0 Å². The molecule has 1 aliphatic carbocycles. The molecule has 0 bridgehead atoms. The Morgan fingerprint density at radius 2 is 1.94 bits per heavy atom. The predicted molar refractivity (Wildman–Crippen MR) is 66.5 cm³/mol. The molecular weight excluding hydrogens is 216 g/mol. The second kappa shape index (κ2) is 6.36. The fourth-order valence-electron chi connectivity index (χ4n) is 2.78. The quantitative estimate of drug-likeness (QED) is 0.779. The largest absolute Gasteiger partial charge is 0.368 e. The summed E-state index contributed by atoms with van der Waals surface area (Å²) in [6.07, 6.45) is 7.54. The van der Waals surface area contributed by atoms with Gasteiger partial charge in [0.2, 0.25) is 5.91 Å². The Morgan fingerprint density at radius 1 is 1.18 bits per heavy atom. The second-order valence-electron chi connectivity index (χ2n) is 5.31. The van der Waals surface area contributed by atoms with Crippen molar-refractivity contribution in [1.82, 2.24) is 5.32 Å². The van der Waals surface area contributed by atoms with Crippen LogP contribution in [0.5, 0.6) is 0 Å². The summed E-state index contributed by atoms with van der Waals surface area (Å²) in [7, 11) is 0. The third kappa shape index (κ3) is 3.68. The first-order chi connectivity index (χ1) is 8.27. The minimum absolute atomic E-state index is 0.0578. The number of amides is 1. The molecule has 0 aromatic heterocycles. The van der Waals surface area contributed by atoms with Gasteiger partial charge in [0.25, 0.3) is 0 Å². The van der Waals surface area contributed by atoms with Crippen LogP contribution >= 0.6 is 0 Å². The van der Waals surface area contributed by atoms with Gasteiger partial charge in [-0.25, -0.2) is 0 Å². The molecule has 1 heterocycles. The molecule has 1 saturated heterocycles. The topological polar surface area (TPSA) is 64.3 Å². The molecule has 3 N–H and O–H groups in total. The number of carbonyl (C=O) groups excluding carboxylic acids is 1. The number of carbonyl (C=O) groups is 1. The van der Waals surface area contributed by atoms with Crippen molar-refractivity contribution in [2.24, 2.45) is 11.7 Å². The summed E-state index contributed by atoms with van der Waals surface area (Å²) < 4.78 is 5.46. The van der Waals surface area contributed by atoms with E-state index in [0.717, 1.165) is 45.3 Å². The Balaban J connectivity index is 1.71. The monoisotopic (exact) mass is 240 g/mol. The van der Waals surface area contributed by atoms with Crippen molar-refractivity contribution in [1.29, 1.82) is 0 Å². The third-order valence-electron chi connectivity index (χ3n) is 3.98. The minimum Gasteiger partial charge on any atom is -0.368 e. The normalized spacial score (nSPS) is 34.3. The molecule has 0 radical (unpaired) electrons. The smallest absolute Gasteiger partial charge is 0.249 e. The zero-order valence-corrected chi connectivity index (χ0v) is 10.5. The fourth-order valence-corrected chi connectivity index (χ4v) is 2.78. The van der Waals surface area contributed by atoms with Gasteiger partial charge in [-0.3, -0.25) is 4.79 Å². The number of hydrogen-bond donors (Lipinski definition) is 2. The molecule has 0 aromatic rings. The average Bonchev–Trinajstić information content (AvgIpc) is 2.38. The van der Waals surface area contributed by atoms with Gasteiger partial charge < -0.3 is 15.8 Å². The average molecular weight is 240 g/mol. The van der Waals surface area contributed by atoms with Crippen LogP contribution in [0.15, 0.2) is 0 Å². The molecule has 17 heavy (non-hydrogen) atoms. The van der Waals surface area contributed by atoms with Crippen LogP contribution < -0.4 is 11.1 Å². The Labute approximate surface area is 103 Å². The van der Waals surface area contributed by atoms with Crippen LogP contribution in [-0.2, 0) is 9.53 Å². The lowest BCUT2D eigenvalue weighted by molar-refractivity contribution is -0.135. The van der Waals surface area contributed by atoms with Crippen LogP contribution in [0.4, 0.5) is 0 Å². The van der Waals surface area contributed by atoms with E-state index in [1.165, 1.54) is 12.8 Å². The summed E-state index contributed by atoms with van der Waals surface area (Å²) in [6.45, 7) is 1.45. The van der Waals surface area contributed by atoms with E-state index in [1.807, 2.05) is 0 Å². The van der Waals surface area contributed by atoms with Crippen LogP contribution in [-0.4, -0.2) is 31.2 Å². The molecule has 3 unspecified atom stereocenters. The molecule has 98 valence electrons. The van der Waals surface area contributed by atoms with E-state index >= 15 is 0 Å². The molecule has 0 aromatic carbocycles. The van der Waals surface area contributed by atoms with E-state index in [1.54, 1.807) is 0 Å². The van der Waals surface area contributed by atoms with Crippen LogP contribution in [0.1, 0.15) is 44.9 Å². The highest BCUT2D eigenvalue weighted by Gasteiger charge is 2.25. The zero-order chi connectivity index (χ0) is 12.1. The predicted octanol–water partition coefficient (Wildman–Crippen LogP) is 1.19. The Morgan fingerprint density at radius 3 is 2.65 bits per heavy atom. The van der Waals surface area contributed by atoms with E-state index in [4.69, 9.17) is 10.5 Å². The molecule has 3 atom stereocenters. The van der Waals surface area contributed by atoms with Gasteiger partial charge in [-0.15, -0.1) is 0 Å². The highest BCUT2D eigenvalue weighted by Crippen LogP contribution is 2.22. The number of ether oxygens (including phenoxy) is 1. The summed E-state index contributed by atoms with van der Waals surface area (Å²) >= 11 is 0. The van der Waals surface area contributed by atoms with Crippen molar-refractivity contribution >= 4 is 5.91 Å². The molecule has 1 saturated carbocycles. The van der Waals surface area contributed by atoms with Crippen molar-refractivity contribution < 1.29 is 9.53 Å². The molecule has 0 spiro atoms. The van der Waals surface area contributed by atoms with Crippen LogP contribution in [0.3, 0.4) is 0 Å². The van der Waals surface area contributed by atoms with Crippen LogP contribution in [0.2, 0.25) is 0 Å². The first-order valence-corrected chi connectivity index (χ1v) is 6.92. The SMILES string of the molecule is NC1CCCCC1CNC(=O)C1CCCCO1. The lowest BCUT2D eigenvalue weighted by Crippen LogP contribution is -2.45. The van der Waals surface area contributed by atoms with Crippen molar-refractivity contribution in [2.75, 3.05) is 13.2 Å². The molecule has 2 rings (SSSR count). The number of hydrogen-bond acceptors (Lipinski definition) is 3. The van der Waals surface area contributed by atoms with Crippen molar-refractivity contribution in [2.45, 2.75) is 57.1 Å². The molecule has 4 nitrogen and oxygen atoms in total. The Kier molecular flexibility index (Phi) is 4.80. The Hall–Kier alpha value is -0.610. The lowest BCUT2D eigenvalue weighted by Gasteiger charge is -2.29. The van der Waals surface area contributed by atoms with Gasteiger partial charge in [-0.1, -0.05) is 12.8 Å². The summed E-state index contributed by atoms with van der Waals surface area (Å²) in [6, 6.07) is 0.260. The van der Waals surface area contributed by atoms with Gasteiger partial charge in [0.15, 0.2) is 0 Å². The highest BCUT2D eigenvalue weighted by molar-refractivity contribution is 5.80. The molecule has 2 aliphatic rings. The maximum absolute atomic E-state index is 11.9. The summed E-state index contributed by atoms with van der Waals surface area (Å²) in [5.41, 5.74) is 6.06. The molecule has 1 amide bonds. The fraction of sp³-hybridized carbons (Fsp3) is 0.923. The zero-order valence-electron chi connectivity index (χ0n) is 10.5. The molecule has 1 aliphatic heterocycles. The maximum Gasteiger partial charge on any atom is 0.249 e. The van der Waals surface area contributed by atoms with Gasteiger partial charge in [0.05, 0.1) is 0 Å². The number of nitrogens with two attached hydrogens (primary N) is 1. The van der Waals surface area contributed by atoms with Gasteiger partial charge in [0.1, 0.15) is 6.10 Å². The van der Waals surface area contributed by atoms with E-state index in [2.05, 4.69) is 5.32 Å². The van der Waals surface area contributed by atoms with Gasteiger partial charge in [-0.2, -0.15) is 0 Å². The van der Waals surface area contributed by atoms with Crippen LogP contribution in [0.25, 0.3) is 0 Å². The van der Waals surface area contributed by atoms with Crippen molar-refractivity contribution in [3.8, 4) is 0 Å². The van der Waals surface area contributed by atoms with Crippen molar-refractivity contribution in [3.05, 3.63) is 0 Å². The molecule has 4 heteroatoms. The minimum atomic E-state index is -0.219.